The van der Waals surface area contributed by atoms with Gasteiger partial charge in [-0.2, -0.15) is 10.6 Å². The number of carboxylic acid groups (broad SMARTS) is 1. The molecule has 1 aliphatic carbocycles. The molecular weight excluding hydrogens is 508 g/mol. The minimum atomic E-state index is -2.64. The van der Waals surface area contributed by atoms with Gasteiger partial charge in [-0.15, -0.1) is 0 Å². The lowest BCUT2D eigenvalue weighted by Crippen LogP contribution is -2.39. The molecule has 3 heterocycles. The fraction of sp³-hybridized carbons (Fsp3) is 0.600. The summed E-state index contributed by atoms with van der Waals surface area (Å²) in [6.45, 7) is 1.64. The number of hydrogen-bond donors (Lipinski definition) is 3. The number of rotatable bonds is 5. The Morgan fingerprint density at radius 1 is 1.00 bits per heavy atom. The second-order valence-corrected chi connectivity index (χ2v) is 13.5. The van der Waals surface area contributed by atoms with Gasteiger partial charge in [0.05, 0.1) is 28.0 Å². The Morgan fingerprint density at radius 3 is 2.28 bits per heavy atom. The second-order valence-electron chi connectivity index (χ2n) is 10.1. The van der Waals surface area contributed by atoms with Crippen LogP contribution in [-0.2, 0) is 4.79 Å². The molecule has 198 valence electrons. The zero-order valence-corrected chi connectivity index (χ0v) is 21.7. The van der Waals surface area contributed by atoms with E-state index >= 15 is 0 Å². The van der Waals surface area contributed by atoms with E-state index in [-0.39, 0.29) is 31.8 Å². The number of aromatic nitrogens is 1. The van der Waals surface area contributed by atoms with Crippen LogP contribution in [0, 0.1) is 5.92 Å². The highest BCUT2D eigenvalue weighted by atomic mass is 32.3. The van der Waals surface area contributed by atoms with Crippen LogP contribution in [0.15, 0.2) is 24.3 Å². The van der Waals surface area contributed by atoms with Gasteiger partial charge in [0.25, 0.3) is 5.92 Å². The molecule has 2 saturated heterocycles. The molecule has 2 aromatic rings. The van der Waals surface area contributed by atoms with Crippen LogP contribution in [0.25, 0.3) is 10.4 Å². The van der Waals surface area contributed by atoms with Crippen molar-refractivity contribution in [2.45, 2.75) is 50.4 Å². The van der Waals surface area contributed by atoms with Crippen molar-refractivity contribution in [1.29, 1.82) is 0 Å². The van der Waals surface area contributed by atoms with E-state index in [2.05, 4.69) is 4.90 Å². The number of anilines is 2. The van der Waals surface area contributed by atoms with Crippen molar-refractivity contribution >= 4 is 38.7 Å². The largest absolute Gasteiger partial charge is 0.481 e. The van der Waals surface area contributed by atoms with E-state index in [1.165, 1.54) is 11.3 Å². The number of thiazole rings is 1. The van der Waals surface area contributed by atoms with Gasteiger partial charge in [0, 0.05) is 50.6 Å². The molecule has 11 heteroatoms. The Morgan fingerprint density at radius 2 is 1.64 bits per heavy atom. The molecule has 3 fully saturated rings. The van der Waals surface area contributed by atoms with Gasteiger partial charge in [-0.3, -0.25) is 13.9 Å². The Kier molecular flexibility index (Phi) is 7.19. The standard InChI is InChI=1S/C25H33F2N3O4S2/c26-25(27)9-11-30(12-10-25)24-28-21(19-3-1-2-4-20(19)23(31)32)22(35-24)17-5-7-18(8-6-17)29-13-15-36(33,34)16-14-29/h5-8,19-20,33-34H,1-4,9-16H2,(H,31,32). The fourth-order valence-corrected chi connectivity index (χ4v) is 7.92. The van der Waals surface area contributed by atoms with Gasteiger partial charge in [0.2, 0.25) is 0 Å². The molecule has 2 aliphatic heterocycles. The van der Waals surface area contributed by atoms with Crippen LogP contribution in [0.4, 0.5) is 19.6 Å². The number of halogens is 2. The van der Waals surface area contributed by atoms with Crippen LogP contribution in [0.2, 0.25) is 0 Å². The molecule has 2 atom stereocenters. The molecule has 1 aromatic carbocycles. The predicted molar refractivity (Wildman–Crippen MR) is 141 cm³/mol. The number of aliphatic carboxylic acids is 1. The Labute approximate surface area is 215 Å². The summed E-state index contributed by atoms with van der Waals surface area (Å²) in [5.41, 5.74) is 2.72. The molecule has 2 unspecified atom stereocenters. The van der Waals surface area contributed by atoms with Crippen molar-refractivity contribution in [3.63, 3.8) is 0 Å². The average molecular weight is 542 g/mol. The first kappa shape index (κ1) is 25.7. The zero-order valence-electron chi connectivity index (χ0n) is 20.1. The summed E-state index contributed by atoms with van der Waals surface area (Å²) in [6, 6.07) is 8.02. The van der Waals surface area contributed by atoms with Crippen molar-refractivity contribution in [1.82, 2.24) is 4.98 Å². The number of nitrogens with zero attached hydrogens (tertiary/aromatic N) is 3. The molecule has 36 heavy (non-hydrogen) atoms. The van der Waals surface area contributed by atoms with Gasteiger partial charge in [-0.05, 0) is 30.5 Å². The van der Waals surface area contributed by atoms with E-state index in [9.17, 15) is 27.8 Å². The predicted octanol–water partition coefficient (Wildman–Crippen LogP) is 5.97. The topological polar surface area (TPSA) is 97.1 Å². The summed E-state index contributed by atoms with van der Waals surface area (Å²) < 4.78 is 47.3. The molecule has 7 nitrogen and oxygen atoms in total. The fourth-order valence-electron chi connectivity index (χ4n) is 5.50. The monoisotopic (exact) mass is 541 g/mol. The van der Waals surface area contributed by atoms with E-state index < -0.39 is 28.4 Å². The van der Waals surface area contributed by atoms with Crippen LogP contribution in [-0.4, -0.2) is 68.8 Å². The maximum absolute atomic E-state index is 13.8. The van der Waals surface area contributed by atoms with Crippen molar-refractivity contribution in [2.24, 2.45) is 5.92 Å². The Hall–Kier alpha value is -1.95. The van der Waals surface area contributed by atoms with Gasteiger partial charge < -0.3 is 14.9 Å². The first-order valence-corrected chi connectivity index (χ1v) is 15.3. The molecule has 0 bridgehead atoms. The van der Waals surface area contributed by atoms with Crippen LogP contribution in [0.5, 0.6) is 0 Å². The highest BCUT2D eigenvalue weighted by Gasteiger charge is 2.38. The lowest BCUT2D eigenvalue weighted by molar-refractivity contribution is -0.143. The van der Waals surface area contributed by atoms with Gasteiger partial charge in [0.1, 0.15) is 0 Å². The minimum Gasteiger partial charge on any atom is -0.481 e. The summed E-state index contributed by atoms with van der Waals surface area (Å²) in [5, 5.41) is 10.6. The number of piperidine rings is 1. The van der Waals surface area contributed by atoms with Crippen molar-refractivity contribution in [3.05, 3.63) is 30.0 Å². The number of hydrogen-bond acceptors (Lipinski definition) is 7. The molecule has 1 saturated carbocycles. The number of benzene rings is 1. The Balaban J connectivity index is 1.45. The van der Waals surface area contributed by atoms with E-state index in [0.29, 0.717) is 36.1 Å². The molecular formula is C25H33F2N3O4S2. The molecule has 0 spiro atoms. The van der Waals surface area contributed by atoms with Crippen LogP contribution in [0.1, 0.15) is 50.1 Å². The molecule has 3 aliphatic rings. The summed E-state index contributed by atoms with van der Waals surface area (Å²) >= 11 is 1.47. The molecule has 1 aromatic heterocycles. The van der Waals surface area contributed by atoms with Crippen molar-refractivity contribution in [2.75, 3.05) is 47.5 Å². The summed E-state index contributed by atoms with van der Waals surface area (Å²) in [4.78, 5) is 22.0. The highest BCUT2D eigenvalue weighted by molar-refractivity contribution is 8.24. The zero-order chi connectivity index (χ0) is 25.5. The molecule has 0 radical (unpaired) electrons. The number of alkyl halides is 2. The number of carboxylic acids is 1. The number of carbonyl (C=O) groups is 1. The van der Waals surface area contributed by atoms with E-state index in [1.54, 1.807) is 0 Å². The van der Waals surface area contributed by atoms with Crippen LogP contribution in [0.3, 0.4) is 0 Å². The van der Waals surface area contributed by atoms with Crippen molar-refractivity contribution in [3.8, 4) is 10.4 Å². The van der Waals surface area contributed by atoms with E-state index in [1.807, 2.05) is 29.2 Å². The lowest BCUT2D eigenvalue weighted by Gasteiger charge is -2.41. The maximum Gasteiger partial charge on any atom is 0.307 e. The van der Waals surface area contributed by atoms with E-state index in [4.69, 9.17) is 4.98 Å². The molecule has 0 amide bonds. The Bertz CT molecular complexity index is 1080. The van der Waals surface area contributed by atoms with Gasteiger partial charge in [0.15, 0.2) is 5.13 Å². The molecule has 5 rings (SSSR count). The van der Waals surface area contributed by atoms with Gasteiger partial charge >= 0.3 is 5.97 Å². The SMILES string of the molecule is O=C(O)C1CCCCC1c1nc(N2CCC(F)(F)CC2)sc1-c1ccc(N2CCS(O)(O)CC2)cc1. The quantitative estimate of drug-likeness (QED) is 0.429. The highest BCUT2D eigenvalue weighted by Crippen LogP contribution is 2.47. The third kappa shape index (κ3) is 5.49. The smallest absolute Gasteiger partial charge is 0.307 e. The summed E-state index contributed by atoms with van der Waals surface area (Å²) in [7, 11) is -2.47. The van der Waals surface area contributed by atoms with Gasteiger partial charge in [-0.1, -0.05) is 36.3 Å². The van der Waals surface area contributed by atoms with Crippen molar-refractivity contribution < 1.29 is 27.8 Å². The first-order chi connectivity index (χ1) is 17.1. The third-order valence-corrected chi connectivity index (χ3v) is 10.6. The second kappa shape index (κ2) is 10.1. The maximum atomic E-state index is 13.8. The van der Waals surface area contributed by atoms with E-state index in [0.717, 1.165) is 41.1 Å². The normalized spacial score (nSPS) is 27.0. The average Bonchev–Trinajstić information content (AvgIpc) is 3.29. The third-order valence-electron chi connectivity index (χ3n) is 7.71. The van der Waals surface area contributed by atoms with Crippen LogP contribution >= 0.6 is 21.9 Å². The molecule has 3 N–H and O–H groups in total. The van der Waals surface area contributed by atoms with Gasteiger partial charge in [-0.25, -0.2) is 13.8 Å². The summed E-state index contributed by atoms with van der Waals surface area (Å²) in [5.74, 6) is -3.41. The minimum absolute atomic E-state index is 0.200. The first-order valence-electron chi connectivity index (χ1n) is 12.6. The summed E-state index contributed by atoms with van der Waals surface area (Å²) in [6.07, 6.45) is 2.81. The lowest BCUT2D eigenvalue weighted by atomic mass is 9.77. The van der Waals surface area contributed by atoms with Crippen LogP contribution < -0.4 is 9.80 Å².